The molecule has 4 heteroatoms. The number of aliphatic hydroxyl groups is 1. The van der Waals surface area contributed by atoms with E-state index >= 15 is 0 Å². The molecule has 0 aliphatic heterocycles. The van der Waals surface area contributed by atoms with Gasteiger partial charge in [-0.3, -0.25) is 0 Å². The standard InChI is InChI=1S/C13H18BrNO2/c1-10(2)7-15-8-12(16)9-17-13-5-3-11(14)4-6-13/h3-6,12,15-16H,1,7-9H2,2H3. The van der Waals surface area contributed by atoms with Gasteiger partial charge in [-0.15, -0.1) is 0 Å². The fourth-order valence-electron chi connectivity index (χ4n) is 1.23. The quantitative estimate of drug-likeness (QED) is 0.760. The number of ether oxygens (including phenoxy) is 1. The summed E-state index contributed by atoms with van der Waals surface area (Å²) in [4.78, 5) is 0. The van der Waals surface area contributed by atoms with Gasteiger partial charge in [0.2, 0.25) is 0 Å². The minimum atomic E-state index is -0.516. The SMILES string of the molecule is C=C(C)CNCC(O)COc1ccc(Br)cc1. The molecular weight excluding hydrogens is 282 g/mol. The molecule has 1 aromatic rings. The van der Waals surface area contributed by atoms with E-state index in [0.29, 0.717) is 6.54 Å². The lowest BCUT2D eigenvalue weighted by atomic mass is 10.3. The summed E-state index contributed by atoms with van der Waals surface area (Å²) < 4.78 is 6.45. The van der Waals surface area contributed by atoms with E-state index in [1.165, 1.54) is 0 Å². The second-order valence-electron chi connectivity index (χ2n) is 4.01. The van der Waals surface area contributed by atoms with Crippen LogP contribution in [0.3, 0.4) is 0 Å². The van der Waals surface area contributed by atoms with Crippen LogP contribution in [-0.2, 0) is 0 Å². The maximum Gasteiger partial charge on any atom is 0.119 e. The van der Waals surface area contributed by atoms with Crippen molar-refractivity contribution in [3.05, 3.63) is 40.9 Å². The van der Waals surface area contributed by atoms with Crippen molar-refractivity contribution >= 4 is 15.9 Å². The molecule has 0 aliphatic carbocycles. The summed E-state index contributed by atoms with van der Waals surface area (Å²) in [5.74, 6) is 0.757. The average molecular weight is 300 g/mol. The van der Waals surface area contributed by atoms with E-state index in [2.05, 4.69) is 27.8 Å². The number of hydrogen-bond donors (Lipinski definition) is 2. The van der Waals surface area contributed by atoms with Gasteiger partial charge in [0, 0.05) is 17.6 Å². The molecule has 1 rings (SSSR count). The van der Waals surface area contributed by atoms with E-state index in [1.807, 2.05) is 31.2 Å². The average Bonchev–Trinajstić information content (AvgIpc) is 2.28. The number of aliphatic hydroxyl groups excluding tert-OH is 1. The van der Waals surface area contributed by atoms with Crippen molar-refractivity contribution in [3.63, 3.8) is 0 Å². The van der Waals surface area contributed by atoms with Gasteiger partial charge in [0.1, 0.15) is 18.5 Å². The molecule has 0 radical (unpaired) electrons. The Morgan fingerprint density at radius 2 is 2.12 bits per heavy atom. The highest BCUT2D eigenvalue weighted by Gasteiger charge is 2.04. The topological polar surface area (TPSA) is 41.5 Å². The Morgan fingerprint density at radius 1 is 1.47 bits per heavy atom. The van der Waals surface area contributed by atoms with Crippen molar-refractivity contribution in [2.24, 2.45) is 0 Å². The monoisotopic (exact) mass is 299 g/mol. The molecular formula is C13H18BrNO2. The molecule has 3 nitrogen and oxygen atoms in total. The third-order valence-electron chi connectivity index (χ3n) is 2.06. The zero-order valence-corrected chi connectivity index (χ0v) is 11.5. The predicted octanol–water partition coefficient (Wildman–Crippen LogP) is 2.35. The van der Waals surface area contributed by atoms with E-state index in [-0.39, 0.29) is 6.61 Å². The highest BCUT2D eigenvalue weighted by atomic mass is 79.9. The van der Waals surface area contributed by atoms with E-state index in [1.54, 1.807) is 0 Å². The molecule has 1 atom stereocenters. The Hall–Kier alpha value is -0.840. The van der Waals surface area contributed by atoms with Crippen molar-refractivity contribution in [1.29, 1.82) is 0 Å². The minimum absolute atomic E-state index is 0.283. The maximum absolute atomic E-state index is 9.65. The lowest BCUT2D eigenvalue weighted by Gasteiger charge is -2.13. The van der Waals surface area contributed by atoms with E-state index in [9.17, 15) is 5.11 Å². The van der Waals surface area contributed by atoms with Gasteiger partial charge in [-0.05, 0) is 31.2 Å². The van der Waals surface area contributed by atoms with Crippen molar-refractivity contribution in [3.8, 4) is 5.75 Å². The van der Waals surface area contributed by atoms with Gasteiger partial charge in [-0.25, -0.2) is 0 Å². The van der Waals surface area contributed by atoms with Crippen LogP contribution in [0, 0.1) is 0 Å². The molecule has 0 spiro atoms. The summed E-state index contributed by atoms with van der Waals surface area (Å²) in [5, 5.41) is 12.7. The Labute approximate surface area is 111 Å². The molecule has 0 saturated heterocycles. The first-order chi connectivity index (χ1) is 8.08. The summed E-state index contributed by atoms with van der Waals surface area (Å²) in [5.41, 5.74) is 1.05. The fourth-order valence-corrected chi connectivity index (χ4v) is 1.50. The third kappa shape index (κ3) is 6.46. The summed E-state index contributed by atoms with van der Waals surface area (Å²) in [6, 6.07) is 7.53. The zero-order chi connectivity index (χ0) is 12.7. The van der Waals surface area contributed by atoms with Crippen LogP contribution in [0.25, 0.3) is 0 Å². The van der Waals surface area contributed by atoms with E-state index < -0.39 is 6.10 Å². The van der Waals surface area contributed by atoms with Crippen LogP contribution in [0.5, 0.6) is 5.75 Å². The number of hydrogen-bond acceptors (Lipinski definition) is 3. The van der Waals surface area contributed by atoms with Gasteiger partial charge >= 0.3 is 0 Å². The van der Waals surface area contributed by atoms with Crippen molar-refractivity contribution < 1.29 is 9.84 Å². The molecule has 0 amide bonds. The van der Waals surface area contributed by atoms with Gasteiger partial charge in [0.05, 0.1) is 0 Å². The largest absolute Gasteiger partial charge is 0.491 e. The van der Waals surface area contributed by atoms with Crippen LogP contribution in [0.4, 0.5) is 0 Å². The van der Waals surface area contributed by atoms with Crippen LogP contribution in [0.2, 0.25) is 0 Å². The smallest absolute Gasteiger partial charge is 0.119 e. The van der Waals surface area contributed by atoms with Crippen molar-refractivity contribution in [2.75, 3.05) is 19.7 Å². The summed E-state index contributed by atoms with van der Waals surface area (Å²) in [6.45, 7) is 7.22. The highest BCUT2D eigenvalue weighted by Crippen LogP contribution is 2.16. The van der Waals surface area contributed by atoms with Crippen molar-refractivity contribution in [1.82, 2.24) is 5.32 Å². The number of benzene rings is 1. The third-order valence-corrected chi connectivity index (χ3v) is 2.59. The van der Waals surface area contributed by atoms with Crippen LogP contribution >= 0.6 is 15.9 Å². The second kappa shape index (κ2) is 7.48. The molecule has 17 heavy (non-hydrogen) atoms. The Balaban J connectivity index is 2.21. The fraction of sp³-hybridized carbons (Fsp3) is 0.385. The van der Waals surface area contributed by atoms with E-state index in [0.717, 1.165) is 22.3 Å². The first kappa shape index (κ1) is 14.2. The Morgan fingerprint density at radius 3 is 2.71 bits per heavy atom. The van der Waals surface area contributed by atoms with Crippen LogP contribution in [0.1, 0.15) is 6.92 Å². The van der Waals surface area contributed by atoms with Crippen molar-refractivity contribution in [2.45, 2.75) is 13.0 Å². The Bertz CT molecular complexity index is 351. The lowest BCUT2D eigenvalue weighted by molar-refractivity contribution is 0.107. The second-order valence-corrected chi connectivity index (χ2v) is 4.92. The van der Waals surface area contributed by atoms with E-state index in [4.69, 9.17) is 4.74 Å². The zero-order valence-electron chi connectivity index (χ0n) is 9.95. The van der Waals surface area contributed by atoms with Crippen LogP contribution in [-0.4, -0.2) is 30.9 Å². The first-order valence-corrected chi connectivity index (χ1v) is 6.29. The first-order valence-electron chi connectivity index (χ1n) is 5.49. The molecule has 0 heterocycles. The molecule has 0 aliphatic rings. The number of halogens is 1. The normalized spacial score (nSPS) is 12.2. The molecule has 0 bridgehead atoms. The number of nitrogens with one attached hydrogen (secondary N) is 1. The van der Waals surface area contributed by atoms with Crippen LogP contribution in [0.15, 0.2) is 40.9 Å². The predicted molar refractivity (Wildman–Crippen MR) is 73.3 cm³/mol. The lowest BCUT2D eigenvalue weighted by Crippen LogP contribution is -2.32. The van der Waals surface area contributed by atoms with Gasteiger partial charge in [-0.2, -0.15) is 0 Å². The van der Waals surface area contributed by atoms with Gasteiger partial charge in [0.15, 0.2) is 0 Å². The number of rotatable bonds is 7. The molecule has 0 fully saturated rings. The molecule has 0 aromatic heterocycles. The summed E-state index contributed by atoms with van der Waals surface area (Å²) >= 11 is 3.35. The maximum atomic E-state index is 9.65. The molecule has 94 valence electrons. The highest BCUT2D eigenvalue weighted by molar-refractivity contribution is 9.10. The molecule has 2 N–H and O–H groups in total. The minimum Gasteiger partial charge on any atom is -0.491 e. The summed E-state index contributed by atoms with van der Waals surface area (Å²) in [6.07, 6.45) is -0.516. The molecule has 1 unspecified atom stereocenters. The molecule has 1 aromatic carbocycles. The van der Waals surface area contributed by atoms with Gasteiger partial charge < -0.3 is 15.2 Å². The molecule has 0 saturated carbocycles. The van der Waals surface area contributed by atoms with Crippen LogP contribution < -0.4 is 10.1 Å². The van der Waals surface area contributed by atoms with Gasteiger partial charge in [-0.1, -0.05) is 28.1 Å². The van der Waals surface area contributed by atoms with Gasteiger partial charge in [0.25, 0.3) is 0 Å². The Kier molecular flexibility index (Phi) is 6.26. The summed E-state index contributed by atoms with van der Waals surface area (Å²) in [7, 11) is 0.